The lowest BCUT2D eigenvalue weighted by Gasteiger charge is -2.17. The molecule has 1 rings (SSSR count). The zero-order valence-corrected chi connectivity index (χ0v) is 13.6. The molecule has 1 aromatic carbocycles. The van der Waals surface area contributed by atoms with E-state index < -0.39 is 9.84 Å². The van der Waals surface area contributed by atoms with E-state index in [4.69, 9.17) is 15.3 Å². The SMILES string of the molecule is COc1ccc(CC(CCCS(C)(=O)=O)NN)cc1OC. The van der Waals surface area contributed by atoms with Crippen LogP contribution in [0, 0.1) is 0 Å². The number of nitrogens with two attached hydrogens (primary N) is 1. The summed E-state index contributed by atoms with van der Waals surface area (Å²) >= 11 is 0. The average molecular weight is 316 g/mol. The first-order valence-electron chi connectivity index (χ1n) is 6.74. The maximum absolute atomic E-state index is 11.1. The summed E-state index contributed by atoms with van der Waals surface area (Å²) < 4.78 is 32.7. The monoisotopic (exact) mass is 316 g/mol. The van der Waals surface area contributed by atoms with E-state index >= 15 is 0 Å². The first-order valence-corrected chi connectivity index (χ1v) is 8.80. The van der Waals surface area contributed by atoms with Crippen LogP contribution in [-0.2, 0) is 16.3 Å². The summed E-state index contributed by atoms with van der Waals surface area (Å²) in [5, 5.41) is 0. The Kier molecular flexibility index (Phi) is 6.94. The minimum Gasteiger partial charge on any atom is -0.493 e. The van der Waals surface area contributed by atoms with Crippen LogP contribution in [0.15, 0.2) is 18.2 Å². The maximum Gasteiger partial charge on any atom is 0.160 e. The Morgan fingerprint density at radius 3 is 2.43 bits per heavy atom. The van der Waals surface area contributed by atoms with Gasteiger partial charge in [-0.05, 0) is 37.0 Å². The number of hydrazine groups is 1. The Morgan fingerprint density at radius 2 is 1.90 bits per heavy atom. The molecule has 3 N–H and O–H groups in total. The van der Waals surface area contributed by atoms with Gasteiger partial charge < -0.3 is 9.47 Å². The van der Waals surface area contributed by atoms with Gasteiger partial charge in [0.1, 0.15) is 9.84 Å². The van der Waals surface area contributed by atoms with Gasteiger partial charge in [-0.25, -0.2) is 8.42 Å². The molecule has 7 heteroatoms. The van der Waals surface area contributed by atoms with Crippen molar-refractivity contribution in [2.45, 2.75) is 25.3 Å². The zero-order valence-electron chi connectivity index (χ0n) is 12.8. The number of hydrogen-bond acceptors (Lipinski definition) is 6. The van der Waals surface area contributed by atoms with Crippen LogP contribution in [0.3, 0.4) is 0 Å². The number of rotatable bonds is 9. The molecule has 0 spiro atoms. The highest BCUT2D eigenvalue weighted by atomic mass is 32.2. The molecule has 1 aromatic rings. The van der Waals surface area contributed by atoms with Crippen LogP contribution < -0.4 is 20.7 Å². The fourth-order valence-electron chi connectivity index (χ4n) is 2.13. The van der Waals surface area contributed by atoms with E-state index in [0.717, 1.165) is 5.56 Å². The highest BCUT2D eigenvalue weighted by Crippen LogP contribution is 2.28. The molecular weight excluding hydrogens is 292 g/mol. The normalized spacial score (nSPS) is 13.0. The summed E-state index contributed by atoms with van der Waals surface area (Å²) in [5.74, 6) is 7.06. The van der Waals surface area contributed by atoms with Crippen LogP contribution in [-0.4, -0.2) is 40.7 Å². The molecule has 0 amide bonds. The highest BCUT2D eigenvalue weighted by Gasteiger charge is 2.12. The quantitative estimate of drug-likeness (QED) is 0.520. The van der Waals surface area contributed by atoms with Crippen molar-refractivity contribution in [3.05, 3.63) is 23.8 Å². The van der Waals surface area contributed by atoms with Crippen molar-refractivity contribution in [1.29, 1.82) is 0 Å². The van der Waals surface area contributed by atoms with Gasteiger partial charge in [-0.3, -0.25) is 11.3 Å². The number of nitrogens with one attached hydrogen (secondary N) is 1. The lowest BCUT2D eigenvalue weighted by atomic mass is 10.0. The third kappa shape index (κ3) is 6.33. The van der Waals surface area contributed by atoms with Gasteiger partial charge >= 0.3 is 0 Å². The van der Waals surface area contributed by atoms with Gasteiger partial charge in [0, 0.05) is 18.1 Å². The fraction of sp³-hybridized carbons (Fsp3) is 0.571. The molecule has 0 saturated heterocycles. The predicted octanol–water partition coefficient (Wildman–Crippen LogP) is 0.903. The summed E-state index contributed by atoms with van der Waals surface area (Å²) in [5.41, 5.74) is 3.79. The maximum atomic E-state index is 11.1. The number of benzene rings is 1. The van der Waals surface area contributed by atoms with E-state index in [1.807, 2.05) is 18.2 Å². The van der Waals surface area contributed by atoms with E-state index in [2.05, 4.69) is 5.43 Å². The van der Waals surface area contributed by atoms with Crippen LogP contribution >= 0.6 is 0 Å². The Balaban J connectivity index is 2.64. The molecular formula is C14H24N2O4S. The lowest BCUT2D eigenvalue weighted by molar-refractivity contribution is 0.354. The second kappa shape index (κ2) is 8.21. The van der Waals surface area contributed by atoms with Gasteiger partial charge in [0.25, 0.3) is 0 Å². The smallest absolute Gasteiger partial charge is 0.160 e. The number of sulfone groups is 1. The highest BCUT2D eigenvalue weighted by molar-refractivity contribution is 7.90. The molecule has 21 heavy (non-hydrogen) atoms. The van der Waals surface area contributed by atoms with Crippen molar-refractivity contribution in [2.24, 2.45) is 5.84 Å². The third-order valence-corrected chi connectivity index (χ3v) is 4.26. The molecule has 0 bridgehead atoms. The Labute approximate surface area is 126 Å². The van der Waals surface area contributed by atoms with Crippen molar-refractivity contribution in [3.63, 3.8) is 0 Å². The molecule has 0 aliphatic rings. The van der Waals surface area contributed by atoms with Crippen LogP contribution in [0.5, 0.6) is 11.5 Å². The Bertz CT molecular complexity index is 546. The lowest BCUT2D eigenvalue weighted by Crippen LogP contribution is -2.37. The van der Waals surface area contributed by atoms with Gasteiger partial charge in [0.05, 0.1) is 14.2 Å². The zero-order chi connectivity index (χ0) is 15.9. The Morgan fingerprint density at radius 1 is 1.24 bits per heavy atom. The summed E-state index contributed by atoms with van der Waals surface area (Å²) in [6, 6.07) is 5.71. The van der Waals surface area contributed by atoms with E-state index in [-0.39, 0.29) is 11.8 Å². The van der Waals surface area contributed by atoms with Crippen LogP contribution in [0.1, 0.15) is 18.4 Å². The van der Waals surface area contributed by atoms with Crippen molar-refractivity contribution in [2.75, 3.05) is 26.2 Å². The van der Waals surface area contributed by atoms with Crippen molar-refractivity contribution in [3.8, 4) is 11.5 Å². The second-order valence-electron chi connectivity index (χ2n) is 5.03. The first kappa shape index (κ1) is 17.7. The predicted molar refractivity (Wildman–Crippen MR) is 83.3 cm³/mol. The minimum absolute atomic E-state index is 0.0184. The molecule has 0 radical (unpaired) electrons. The molecule has 0 saturated carbocycles. The molecule has 120 valence electrons. The average Bonchev–Trinajstić information content (AvgIpc) is 2.44. The minimum atomic E-state index is -2.93. The van der Waals surface area contributed by atoms with Crippen LogP contribution in [0.25, 0.3) is 0 Å². The van der Waals surface area contributed by atoms with E-state index in [9.17, 15) is 8.42 Å². The van der Waals surface area contributed by atoms with E-state index in [1.165, 1.54) is 6.26 Å². The first-order chi connectivity index (χ1) is 9.89. The molecule has 1 unspecified atom stereocenters. The molecule has 0 aliphatic carbocycles. The van der Waals surface area contributed by atoms with Gasteiger partial charge in [-0.2, -0.15) is 0 Å². The van der Waals surface area contributed by atoms with Gasteiger partial charge in [0.2, 0.25) is 0 Å². The summed E-state index contributed by atoms with van der Waals surface area (Å²) in [6.07, 6.45) is 3.21. The number of ether oxygens (including phenoxy) is 2. The van der Waals surface area contributed by atoms with Gasteiger partial charge in [0.15, 0.2) is 11.5 Å². The van der Waals surface area contributed by atoms with Crippen LogP contribution in [0.2, 0.25) is 0 Å². The summed E-state index contributed by atoms with van der Waals surface area (Å²) in [7, 11) is 0.254. The van der Waals surface area contributed by atoms with Crippen molar-refractivity contribution < 1.29 is 17.9 Å². The van der Waals surface area contributed by atoms with E-state index in [1.54, 1.807) is 14.2 Å². The number of hydrogen-bond donors (Lipinski definition) is 2. The van der Waals surface area contributed by atoms with Gasteiger partial charge in [-0.1, -0.05) is 6.07 Å². The summed E-state index contributed by atoms with van der Waals surface area (Å²) in [4.78, 5) is 0. The van der Waals surface area contributed by atoms with Crippen molar-refractivity contribution >= 4 is 9.84 Å². The standard InChI is InChI=1S/C14H24N2O4S/c1-19-13-7-6-11(10-14(13)20-2)9-12(16-15)5-4-8-21(3,17)18/h6-7,10,12,16H,4-5,8-9,15H2,1-3H3. The molecule has 0 aliphatic heterocycles. The third-order valence-electron chi connectivity index (χ3n) is 3.23. The largest absolute Gasteiger partial charge is 0.493 e. The Hall–Kier alpha value is -1.31. The fourth-order valence-corrected chi connectivity index (χ4v) is 2.82. The molecule has 0 fully saturated rings. The summed E-state index contributed by atoms with van der Waals surface area (Å²) in [6.45, 7) is 0. The molecule has 6 nitrogen and oxygen atoms in total. The molecule has 0 heterocycles. The number of methoxy groups -OCH3 is 2. The van der Waals surface area contributed by atoms with Crippen molar-refractivity contribution in [1.82, 2.24) is 5.43 Å². The molecule has 0 aromatic heterocycles. The van der Waals surface area contributed by atoms with E-state index in [0.29, 0.717) is 30.8 Å². The van der Waals surface area contributed by atoms with Crippen LogP contribution in [0.4, 0.5) is 0 Å². The molecule has 1 atom stereocenters. The second-order valence-corrected chi connectivity index (χ2v) is 7.29. The topological polar surface area (TPSA) is 90.7 Å². The van der Waals surface area contributed by atoms with Gasteiger partial charge in [-0.15, -0.1) is 0 Å².